The molecule has 0 atom stereocenters. The molecule has 1 aliphatic rings. The fourth-order valence-electron chi connectivity index (χ4n) is 2.25. The van der Waals surface area contributed by atoms with E-state index in [1.54, 1.807) is 18.3 Å². The normalized spacial score (nSPS) is 18.4. The monoisotopic (exact) mass is 292 g/mol. The van der Waals surface area contributed by atoms with Gasteiger partial charge in [0.15, 0.2) is 0 Å². The zero-order valence-corrected chi connectivity index (χ0v) is 12.3. The zero-order chi connectivity index (χ0) is 14.5. The summed E-state index contributed by atoms with van der Waals surface area (Å²) in [7, 11) is 2.02. The van der Waals surface area contributed by atoms with E-state index in [9.17, 15) is 4.39 Å². The highest BCUT2D eigenvalue weighted by molar-refractivity contribution is 6.30. The standard InChI is InChI=1S/C16H18ClFN2/c1-3-19-16-9-6-12(5-4-10-20(16)2)14-11-13(17)7-8-15(14)18/h3,6-9,11,19H,1,4-5,10H2,2H3/b12-6+,16-9?. The first kappa shape index (κ1) is 14.7. The molecule has 0 saturated carbocycles. The van der Waals surface area contributed by atoms with Gasteiger partial charge < -0.3 is 10.2 Å². The molecule has 0 saturated heterocycles. The maximum atomic E-state index is 13.9. The number of allylic oxidation sites excluding steroid dienone is 3. The van der Waals surface area contributed by atoms with Crippen LogP contribution in [0.15, 0.2) is 49.0 Å². The predicted molar refractivity (Wildman–Crippen MR) is 82.7 cm³/mol. The summed E-state index contributed by atoms with van der Waals surface area (Å²) in [6, 6.07) is 4.66. The summed E-state index contributed by atoms with van der Waals surface area (Å²) < 4.78 is 13.9. The maximum absolute atomic E-state index is 13.9. The van der Waals surface area contributed by atoms with Gasteiger partial charge in [0.05, 0.1) is 0 Å². The van der Waals surface area contributed by atoms with Gasteiger partial charge in [-0.05, 0) is 48.9 Å². The molecule has 1 aromatic carbocycles. The second-order valence-corrected chi connectivity index (χ2v) is 5.18. The Morgan fingerprint density at radius 3 is 2.95 bits per heavy atom. The van der Waals surface area contributed by atoms with Gasteiger partial charge in [0.25, 0.3) is 0 Å². The molecule has 1 heterocycles. The maximum Gasteiger partial charge on any atom is 0.130 e. The van der Waals surface area contributed by atoms with Gasteiger partial charge in [-0.3, -0.25) is 0 Å². The van der Waals surface area contributed by atoms with Crippen LogP contribution in [-0.4, -0.2) is 18.5 Å². The Balaban J connectivity index is 2.39. The molecule has 0 unspecified atom stereocenters. The van der Waals surface area contributed by atoms with E-state index in [1.165, 1.54) is 6.07 Å². The van der Waals surface area contributed by atoms with Crippen molar-refractivity contribution in [3.63, 3.8) is 0 Å². The first-order chi connectivity index (χ1) is 9.61. The molecular weight excluding hydrogens is 275 g/mol. The van der Waals surface area contributed by atoms with Crippen LogP contribution in [0.25, 0.3) is 5.57 Å². The van der Waals surface area contributed by atoms with E-state index in [0.717, 1.165) is 30.8 Å². The van der Waals surface area contributed by atoms with E-state index in [4.69, 9.17) is 11.6 Å². The van der Waals surface area contributed by atoms with Crippen molar-refractivity contribution in [3.8, 4) is 0 Å². The minimum absolute atomic E-state index is 0.235. The van der Waals surface area contributed by atoms with Crippen molar-refractivity contribution in [2.24, 2.45) is 0 Å². The molecule has 0 fully saturated rings. The molecular formula is C16H18ClFN2. The summed E-state index contributed by atoms with van der Waals surface area (Å²) in [5.74, 6) is 0.709. The molecule has 1 aromatic rings. The lowest BCUT2D eigenvalue weighted by Crippen LogP contribution is -2.27. The Kier molecular flexibility index (Phi) is 4.85. The second kappa shape index (κ2) is 6.62. The molecule has 2 rings (SSSR count). The van der Waals surface area contributed by atoms with Crippen molar-refractivity contribution in [3.05, 3.63) is 65.4 Å². The Morgan fingerprint density at radius 2 is 2.20 bits per heavy atom. The van der Waals surface area contributed by atoms with Gasteiger partial charge in [-0.2, -0.15) is 0 Å². The molecule has 4 heteroatoms. The number of benzene rings is 1. The quantitative estimate of drug-likeness (QED) is 0.900. The first-order valence-corrected chi connectivity index (χ1v) is 6.94. The van der Waals surface area contributed by atoms with E-state index < -0.39 is 0 Å². The Hall–Kier alpha value is -1.74. The Bertz CT molecular complexity index is 564. The summed E-state index contributed by atoms with van der Waals surface area (Å²) in [5.41, 5.74) is 1.54. The van der Waals surface area contributed by atoms with Gasteiger partial charge in [-0.1, -0.05) is 24.3 Å². The van der Waals surface area contributed by atoms with Crippen LogP contribution >= 0.6 is 11.6 Å². The number of hydrogen-bond acceptors (Lipinski definition) is 2. The molecule has 0 spiro atoms. The molecule has 0 bridgehead atoms. The molecule has 0 aliphatic carbocycles. The molecule has 106 valence electrons. The lowest BCUT2D eigenvalue weighted by Gasteiger charge is -2.24. The number of halogens is 2. The SMILES string of the molecule is C=CNC1=C/C=C(/c2cc(Cl)ccc2F)CCCN1C. The number of rotatable bonds is 3. The van der Waals surface area contributed by atoms with Crippen LogP contribution < -0.4 is 5.32 Å². The van der Waals surface area contributed by atoms with Crippen molar-refractivity contribution < 1.29 is 4.39 Å². The second-order valence-electron chi connectivity index (χ2n) is 4.74. The number of hydrogen-bond donors (Lipinski definition) is 1. The van der Waals surface area contributed by atoms with Crippen molar-refractivity contribution in [1.29, 1.82) is 0 Å². The van der Waals surface area contributed by atoms with Crippen LogP contribution in [0, 0.1) is 5.82 Å². The van der Waals surface area contributed by atoms with E-state index >= 15 is 0 Å². The van der Waals surface area contributed by atoms with Gasteiger partial charge in [0.1, 0.15) is 11.6 Å². The van der Waals surface area contributed by atoms with Crippen LogP contribution in [0.2, 0.25) is 5.02 Å². The third kappa shape index (κ3) is 3.42. The Labute approximate surface area is 124 Å². The molecule has 1 aliphatic heterocycles. The smallest absolute Gasteiger partial charge is 0.130 e. The Morgan fingerprint density at radius 1 is 1.40 bits per heavy atom. The average molecular weight is 293 g/mol. The van der Waals surface area contributed by atoms with Crippen molar-refractivity contribution in [2.45, 2.75) is 12.8 Å². The fourth-order valence-corrected chi connectivity index (χ4v) is 2.42. The summed E-state index contributed by atoms with van der Waals surface area (Å²) in [6.07, 6.45) is 7.29. The topological polar surface area (TPSA) is 15.3 Å². The molecule has 2 nitrogen and oxygen atoms in total. The van der Waals surface area contributed by atoms with E-state index in [2.05, 4.69) is 16.8 Å². The van der Waals surface area contributed by atoms with Gasteiger partial charge >= 0.3 is 0 Å². The van der Waals surface area contributed by atoms with Gasteiger partial charge in [-0.15, -0.1) is 0 Å². The molecule has 20 heavy (non-hydrogen) atoms. The zero-order valence-electron chi connectivity index (χ0n) is 11.5. The summed E-state index contributed by atoms with van der Waals surface area (Å²) >= 11 is 5.97. The van der Waals surface area contributed by atoms with E-state index in [1.807, 2.05) is 19.2 Å². The third-order valence-electron chi connectivity index (χ3n) is 3.32. The van der Waals surface area contributed by atoms with E-state index in [-0.39, 0.29) is 5.82 Å². The largest absolute Gasteiger partial charge is 0.361 e. The molecule has 0 aromatic heterocycles. The number of nitrogens with zero attached hydrogens (tertiary/aromatic N) is 1. The highest BCUT2D eigenvalue weighted by Crippen LogP contribution is 2.27. The van der Waals surface area contributed by atoms with Crippen LogP contribution in [0.4, 0.5) is 4.39 Å². The average Bonchev–Trinajstić information content (AvgIpc) is 2.41. The minimum atomic E-state index is -0.235. The summed E-state index contributed by atoms with van der Waals surface area (Å²) in [4.78, 5) is 2.11. The van der Waals surface area contributed by atoms with Crippen LogP contribution in [-0.2, 0) is 0 Å². The van der Waals surface area contributed by atoms with Crippen LogP contribution in [0.1, 0.15) is 18.4 Å². The minimum Gasteiger partial charge on any atom is -0.361 e. The molecule has 0 radical (unpaired) electrons. The number of nitrogens with one attached hydrogen (secondary N) is 1. The highest BCUT2D eigenvalue weighted by Gasteiger charge is 2.12. The predicted octanol–water partition coefficient (Wildman–Crippen LogP) is 4.16. The van der Waals surface area contributed by atoms with Gasteiger partial charge in [-0.25, -0.2) is 4.39 Å². The summed E-state index contributed by atoms with van der Waals surface area (Å²) in [6.45, 7) is 4.56. The van der Waals surface area contributed by atoms with Gasteiger partial charge in [0, 0.05) is 24.2 Å². The molecule has 0 amide bonds. The van der Waals surface area contributed by atoms with Crippen LogP contribution in [0.5, 0.6) is 0 Å². The van der Waals surface area contributed by atoms with Crippen molar-refractivity contribution >= 4 is 17.2 Å². The summed E-state index contributed by atoms with van der Waals surface area (Å²) in [5, 5.41) is 3.64. The van der Waals surface area contributed by atoms with Crippen LogP contribution in [0.3, 0.4) is 0 Å². The fraction of sp³-hybridized carbons (Fsp3) is 0.250. The lowest BCUT2D eigenvalue weighted by atomic mass is 9.99. The third-order valence-corrected chi connectivity index (χ3v) is 3.55. The van der Waals surface area contributed by atoms with Crippen molar-refractivity contribution in [1.82, 2.24) is 10.2 Å². The first-order valence-electron chi connectivity index (χ1n) is 6.56. The van der Waals surface area contributed by atoms with Gasteiger partial charge in [0.2, 0.25) is 0 Å². The lowest BCUT2D eigenvalue weighted by molar-refractivity contribution is 0.390. The molecule has 1 N–H and O–H groups in total. The highest BCUT2D eigenvalue weighted by atomic mass is 35.5. The van der Waals surface area contributed by atoms with E-state index in [0.29, 0.717) is 10.6 Å². The van der Waals surface area contributed by atoms with Crippen molar-refractivity contribution in [2.75, 3.05) is 13.6 Å².